The summed E-state index contributed by atoms with van der Waals surface area (Å²) < 4.78 is 16.4. The van der Waals surface area contributed by atoms with Gasteiger partial charge in [-0.15, -0.1) is 0 Å². The van der Waals surface area contributed by atoms with Crippen LogP contribution < -0.4 is 4.74 Å². The maximum atomic E-state index is 13.0. The predicted molar refractivity (Wildman–Crippen MR) is 85.4 cm³/mol. The molecule has 122 valence electrons. The zero-order valence-corrected chi connectivity index (χ0v) is 13.5. The van der Waals surface area contributed by atoms with Gasteiger partial charge in [-0.2, -0.15) is 0 Å². The molecule has 3 rings (SSSR count). The summed E-state index contributed by atoms with van der Waals surface area (Å²) in [6, 6.07) is 11.5. The van der Waals surface area contributed by atoms with Gasteiger partial charge in [-0.25, -0.2) is 0 Å². The first kappa shape index (κ1) is 15.6. The van der Waals surface area contributed by atoms with Gasteiger partial charge in [-0.05, 0) is 25.1 Å². The molecular weight excluding hydrogens is 294 g/mol. The molecule has 5 heteroatoms. The standard InChI is InChI=1S/C18H21NO4/c1-13-7-8-14(23-13)11-19(9-10-21-2)18(20)16-12-22-17-6-4-3-5-15(16)17/h3-8,16H,9-12H2,1-2H3/t16-/m1/s1. The van der Waals surface area contributed by atoms with Crippen molar-refractivity contribution in [3.63, 3.8) is 0 Å². The normalized spacial score (nSPS) is 16.0. The van der Waals surface area contributed by atoms with E-state index in [0.29, 0.717) is 26.3 Å². The number of benzene rings is 1. The average Bonchev–Trinajstić information content (AvgIpc) is 3.17. The molecule has 23 heavy (non-hydrogen) atoms. The van der Waals surface area contributed by atoms with Crippen molar-refractivity contribution in [2.45, 2.75) is 19.4 Å². The Labute approximate surface area is 135 Å². The third-order valence-corrected chi connectivity index (χ3v) is 4.02. The van der Waals surface area contributed by atoms with Crippen molar-refractivity contribution in [3.8, 4) is 5.75 Å². The molecule has 1 aromatic carbocycles. The van der Waals surface area contributed by atoms with Gasteiger partial charge in [0.2, 0.25) is 5.91 Å². The van der Waals surface area contributed by atoms with Crippen LogP contribution in [0.3, 0.4) is 0 Å². The lowest BCUT2D eigenvalue weighted by Gasteiger charge is -2.24. The molecule has 2 aromatic rings. The molecule has 0 aliphatic carbocycles. The van der Waals surface area contributed by atoms with E-state index in [4.69, 9.17) is 13.9 Å². The summed E-state index contributed by atoms with van der Waals surface area (Å²) in [5.41, 5.74) is 0.954. The fraction of sp³-hybridized carbons (Fsp3) is 0.389. The van der Waals surface area contributed by atoms with Crippen molar-refractivity contribution in [1.82, 2.24) is 4.90 Å². The fourth-order valence-electron chi connectivity index (χ4n) is 2.81. The Morgan fingerprint density at radius 3 is 2.87 bits per heavy atom. The van der Waals surface area contributed by atoms with Crippen molar-refractivity contribution in [2.75, 3.05) is 26.9 Å². The summed E-state index contributed by atoms with van der Waals surface area (Å²) in [5, 5.41) is 0. The van der Waals surface area contributed by atoms with Gasteiger partial charge in [0.15, 0.2) is 0 Å². The van der Waals surface area contributed by atoms with E-state index in [1.54, 1.807) is 12.0 Å². The Balaban J connectivity index is 1.77. The first-order valence-corrected chi connectivity index (χ1v) is 7.74. The number of fused-ring (bicyclic) bond motifs is 1. The molecule has 1 aliphatic heterocycles. The quantitative estimate of drug-likeness (QED) is 0.822. The maximum absolute atomic E-state index is 13.0. The lowest BCUT2D eigenvalue weighted by Crippen LogP contribution is -2.37. The lowest BCUT2D eigenvalue weighted by atomic mass is 10.00. The number of carbonyl (C=O) groups excluding carboxylic acids is 1. The Morgan fingerprint density at radius 2 is 2.13 bits per heavy atom. The van der Waals surface area contributed by atoms with Crippen molar-refractivity contribution in [1.29, 1.82) is 0 Å². The highest BCUT2D eigenvalue weighted by molar-refractivity contribution is 5.85. The van der Waals surface area contributed by atoms with Crippen molar-refractivity contribution >= 4 is 5.91 Å². The second-order valence-corrected chi connectivity index (χ2v) is 5.67. The zero-order valence-electron chi connectivity index (χ0n) is 13.5. The Kier molecular flexibility index (Phi) is 4.67. The third-order valence-electron chi connectivity index (χ3n) is 4.02. The first-order valence-electron chi connectivity index (χ1n) is 7.74. The lowest BCUT2D eigenvalue weighted by molar-refractivity contribution is -0.134. The highest BCUT2D eigenvalue weighted by Gasteiger charge is 2.33. The van der Waals surface area contributed by atoms with Crippen molar-refractivity contribution in [2.24, 2.45) is 0 Å². The summed E-state index contributed by atoms with van der Waals surface area (Å²) >= 11 is 0. The van der Waals surface area contributed by atoms with E-state index in [9.17, 15) is 4.79 Å². The summed E-state index contributed by atoms with van der Waals surface area (Å²) in [4.78, 5) is 14.7. The van der Waals surface area contributed by atoms with Gasteiger partial charge < -0.3 is 18.8 Å². The van der Waals surface area contributed by atoms with Crippen LogP contribution in [0, 0.1) is 6.92 Å². The number of hydrogen-bond donors (Lipinski definition) is 0. The maximum Gasteiger partial charge on any atom is 0.234 e. The molecular formula is C18H21NO4. The van der Waals surface area contributed by atoms with Gasteiger partial charge >= 0.3 is 0 Å². The summed E-state index contributed by atoms with van der Waals surface area (Å²) in [5.74, 6) is 2.19. The molecule has 0 spiro atoms. The molecule has 1 aromatic heterocycles. The number of ether oxygens (including phenoxy) is 2. The summed E-state index contributed by atoms with van der Waals surface area (Å²) in [7, 11) is 1.63. The van der Waals surface area contributed by atoms with Crippen molar-refractivity contribution < 1.29 is 18.7 Å². The van der Waals surface area contributed by atoms with Crippen LogP contribution in [0.2, 0.25) is 0 Å². The second kappa shape index (κ2) is 6.87. The van der Waals surface area contributed by atoms with Crippen LogP contribution in [0.4, 0.5) is 0 Å². The van der Waals surface area contributed by atoms with Crippen LogP contribution in [0.5, 0.6) is 5.75 Å². The van der Waals surface area contributed by atoms with E-state index in [1.807, 2.05) is 43.3 Å². The van der Waals surface area contributed by atoms with Gasteiger partial charge in [0.05, 0.1) is 13.2 Å². The van der Waals surface area contributed by atoms with Gasteiger partial charge in [0.1, 0.15) is 29.8 Å². The molecule has 0 N–H and O–H groups in total. The zero-order chi connectivity index (χ0) is 16.2. The molecule has 0 fully saturated rings. The first-order chi connectivity index (χ1) is 11.2. The van der Waals surface area contributed by atoms with E-state index in [1.165, 1.54) is 0 Å². The molecule has 5 nitrogen and oxygen atoms in total. The van der Waals surface area contributed by atoms with Crippen LogP contribution in [-0.2, 0) is 16.1 Å². The Hall–Kier alpha value is -2.27. The molecule has 1 atom stereocenters. The number of carbonyl (C=O) groups is 1. The fourth-order valence-corrected chi connectivity index (χ4v) is 2.81. The molecule has 0 bridgehead atoms. The molecule has 0 radical (unpaired) electrons. The number of amides is 1. The minimum Gasteiger partial charge on any atom is -0.492 e. The van der Waals surface area contributed by atoms with E-state index >= 15 is 0 Å². The largest absolute Gasteiger partial charge is 0.492 e. The SMILES string of the molecule is COCCN(Cc1ccc(C)o1)C(=O)[C@@H]1COc2ccccc21. The Bertz CT molecular complexity index is 679. The van der Waals surface area contributed by atoms with Crippen LogP contribution >= 0.6 is 0 Å². The predicted octanol–water partition coefficient (Wildman–Crippen LogP) is 2.74. The van der Waals surface area contributed by atoms with Gasteiger partial charge in [0, 0.05) is 19.2 Å². The molecule has 0 saturated carbocycles. The molecule has 0 unspecified atom stereocenters. The molecule has 2 heterocycles. The number of nitrogens with zero attached hydrogens (tertiary/aromatic N) is 1. The van der Waals surface area contributed by atoms with E-state index in [-0.39, 0.29) is 11.8 Å². The monoisotopic (exact) mass is 315 g/mol. The average molecular weight is 315 g/mol. The topological polar surface area (TPSA) is 51.9 Å². The number of furan rings is 1. The number of methoxy groups -OCH3 is 1. The third kappa shape index (κ3) is 3.40. The van der Waals surface area contributed by atoms with Crippen LogP contribution in [-0.4, -0.2) is 37.7 Å². The van der Waals surface area contributed by atoms with E-state index in [2.05, 4.69) is 0 Å². The van der Waals surface area contributed by atoms with Crippen LogP contribution in [0.15, 0.2) is 40.8 Å². The highest BCUT2D eigenvalue weighted by atomic mass is 16.5. The smallest absolute Gasteiger partial charge is 0.234 e. The summed E-state index contributed by atoms with van der Waals surface area (Å²) in [6.07, 6.45) is 0. The van der Waals surface area contributed by atoms with Gasteiger partial charge in [-0.3, -0.25) is 4.79 Å². The number of aryl methyl sites for hydroxylation is 1. The van der Waals surface area contributed by atoms with Crippen LogP contribution in [0.25, 0.3) is 0 Å². The number of hydrogen-bond acceptors (Lipinski definition) is 4. The minimum absolute atomic E-state index is 0.0426. The second-order valence-electron chi connectivity index (χ2n) is 5.67. The van der Waals surface area contributed by atoms with Gasteiger partial charge in [0.25, 0.3) is 0 Å². The Morgan fingerprint density at radius 1 is 1.30 bits per heavy atom. The van der Waals surface area contributed by atoms with E-state index < -0.39 is 0 Å². The highest BCUT2D eigenvalue weighted by Crippen LogP contribution is 2.34. The molecule has 1 aliphatic rings. The number of rotatable bonds is 6. The molecule has 1 amide bonds. The number of para-hydroxylation sites is 1. The molecule has 0 saturated heterocycles. The van der Waals surface area contributed by atoms with Gasteiger partial charge in [-0.1, -0.05) is 18.2 Å². The van der Waals surface area contributed by atoms with Crippen molar-refractivity contribution in [3.05, 3.63) is 53.5 Å². The summed E-state index contributed by atoms with van der Waals surface area (Å²) in [6.45, 7) is 3.73. The minimum atomic E-state index is -0.265. The van der Waals surface area contributed by atoms with Crippen LogP contribution in [0.1, 0.15) is 23.0 Å². The van der Waals surface area contributed by atoms with E-state index in [0.717, 1.165) is 22.8 Å².